The van der Waals surface area contributed by atoms with Crippen molar-refractivity contribution >= 4 is 5.97 Å². The second-order valence-electron chi connectivity index (χ2n) is 12.3. The highest BCUT2D eigenvalue weighted by Gasteiger charge is 2.27. The van der Waals surface area contributed by atoms with Crippen LogP contribution in [0.1, 0.15) is 46.2 Å². The molecule has 2 aliphatic heterocycles. The fourth-order valence-electron chi connectivity index (χ4n) is 6.19. The summed E-state index contributed by atoms with van der Waals surface area (Å²) in [5.74, 6) is 1.59. The predicted octanol–water partition coefficient (Wildman–Crippen LogP) is 4.54. The van der Waals surface area contributed by atoms with Crippen LogP contribution in [-0.2, 0) is 40.6 Å². The summed E-state index contributed by atoms with van der Waals surface area (Å²) in [5.41, 5.74) is 8.21. The normalized spacial score (nSPS) is 18.6. The summed E-state index contributed by atoms with van der Waals surface area (Å²) in [4.78, 5) is 20.9. The first kappa shape index (κ1) is 35.1. The Kier molecular flexibility index (Phi) is 11.4. The number of aromatic nitrogens is 2. The number of carbonyl (C=O) groups is 1. The lowest BCUT2D eigenvalue weighted by Gasteiger charge is -2.18. The SMILES string of the molecule is COc1nc(OCc2cccc(-c3cccc(COc4ccc(CNC5CCOC5O)c(OC)n4)c3C)c2C)ccc1CNC1CCOC1=O. The van der Waals surface area contributed by atoms with Crippen molar-refractivity contribution < 1.29 is 38.3 Å². The molecule has 264 valence electrons. The molecule has 2 aromatic heterocycles. The van der Waals surface area contributed by atoms with Gasteiger partial charge in [0.05, 0.1) is 33.5 Å². The van der Waals surface area contributed by atoms with Crippen LogP contribution in [0.4, 0.5) is 0 Å². The van der Waals surface area contributed by atoms with Crippen LogP contribution in [0.2, 0.25) is 0 Å². The minimum absolute atomic E-state index is 0.123. The van der Waals surface area contributed by atoms with E-state index in [-0.39, 0.29) is 18.1 Å². The number of benzene rings is 2. The maximum absolute atomic E-state index is 11.8. The quantitative estimate of drug-likeness (QED) is 0.151. The maximum Gasteiger partial charge on any atom is 0.323 e. The topological polar surface area (TPSA) is 143 Å². The van der Waals surface area contributed by atoms with Crippen LogP contribution in [0.15, 0.2) is 60.7 Å². The Hall–Kier alpha value is -4.75. The Labute approximate surface area is 292 Å². The second-order valence-corrected chi connectivity index (χ2v) is 12.3. The standard InChI is InChI=1S/C38H44N4O8/c1-23-27(21-49-33-13-11-25(35(41-33)45-3)19-39-31-15-17-47-37(31)43)7-5-9-29(23)30-10-6-8-28(24(30)2)22-50-34-14-12-26(36(42-34)46-4)20-40-32-16-18-48-38(32)44/h5-14,31-32,37,39-40,43H,15-22H2,1-4H3. The van der Waals surface area contributed by atoms with E-state index in [2.05, 4.69) is 58.7 Å². The molecular weight excluding hydrogens is 640 g/mol. The first-order valence-electron chi connectivity index (χ1n) is 16.8. The van der Waals surface area contributed by atoms with Crippen molar-refractivity contribution in [3.05, 3.63) is 94.0 Å². The Bertz CT molecular complexity index is 1800. The molecule has 3 N–H and O–H groups in total. The molecular formula is C38H44N4O8. The molecule has 6 rings (SSSR count). The Balaban J connectivity index is 1.09. The van der Waals surface area contributed by atoms with Gasteiger partial charge in [-0.2, -0.15) is 9.97 Å². The predicted molar refractivity (Wildman–Crippen MR) is 185 cm³/mol. The van der Waals surface area contributed by atoms with Crippen LogP contribution < -0.4 is 29.6 Å². The summed E-state index contributed by atoms with van der Waals surface area (Å²) < 4.78 is 33.6. The number of aliphatic hydroxyl groups excluding tert-OH is 1. The lowest BCUT2D eigenvalue weighted by Crippen LogP contribution is -2.35. The number of cyclic esters (lactones) is 1. The monoisotopic (exact) mass is 684 g/mol. The maximum atomic E-state index is 11.8. The fourth-order valence-corrected chi connectivity index (χ4v) is 6.19. The van der Waals surface area contributed by atoms with E-state index >= 15 is 0 Å². The van der Waals surface area contributed by atoms with Gasteiger partial charge in [0, 0.05) is 42.8 Å². The highest BCUT2D eigenvalue weighted by molar-refractivity contribution is 5.77. The van der Waals surface area contributed by atoms with Crippen LogP contribution in [-0.4, -0.2) is 66.9 Å². The molecule has 0 spiro atoms. The number of esters is 1. The van der Waals surface area contributed by atoms with Crippen LogP contribution in [0.3, 0.4) is 0 Å². The van der Waals surface area contributed by atoms with Crippen molar-refractivity contribution in [1.29, 1.82) is 0 Å². The molecule has 4 aromatic rings. The minimum atomic E-state index is -0.804. The Morgan fingerprint density at radius 3 is 1.78 bits per heavy atom. The zero-order valence-corrected chi connectivity index (χ0v) is 28.9. The molecule has 2 fully saturated rings. The van der Waals surface area contributed by atoms with Gasteiger partial charge in [-0.1, -0.05) is 36.4 Å². The van der Waals surface area contributed by atoms with Gasteiger partial charge in [0.25, 0.3) is 0 Å². The molecule has 2 aromatic carbocycles. The molecule has 12 heteroatoms. The van der Waals surface area contributed by atoms with Gasteiger partial charge in [0.15, 0.2) is 6.29 Å². The number of methoxy groups -OCH3 is 2. The number of aliphatic hydroxyl groups is 1. The van der Waals surface area contributed by atoms with E-state index in [4.69, 9.17) is 28.4 Å². The molecule has 2 aliphatic rings. The Morgan fingerprint density at radius 1 is 0.740 bits per heavy atom. The van der Waals surface area contributed by atoms with Crippen molar-refractivity contribution in [2.24, 2.45) is 0 Å². The molecule has 0 amide bonds. The molecule has 0 saturated carbocycles. The van der Waals surface area contributed by atoms with E-state index < -0.39 is 6.29 Å². The van der Waals surface area contributed by atoms with Gasteiger partial charge in [-0.05, 0) is 65.8 Å². The van der Waals surface area contributed by atoms with E-state index in [0.29, 0.717) is 69.5 Å². The van der Waals surface area contributed by atoms with Gasteiger partial charge < -0.3 is 38.8 Å². The molecule has 50 heavy (non-hydrogen) atoms. The second kappa shape index (κ2) is 16.3. The van der Waals surface area contributed by atoms with Crippen LogP contribution in [0.5, 0.6) is 23.5 Å². The largest absolute Gasteiger partial charge is 0.481 e. The number of pyridine rings is 2. The average molecular weight is 685 g/mol. The van der Waals surface area contributed by atoms with Crippen LogP contribution in [0.25, 0.3) is 11.1 Å². The zero-order valence-electron chi connectivity index (χ0n) is 28.9. The summed E-state index contributed by atoms with van der Waals surface area (Å²) in [7, 11) is 3.15. The number of carbonyl (C=O) groups excluding carboxylic acids is 1. The molecule has 2 saturated heterocycles. The number of ether oxygens (including phenoxy) is 6. The third-order valence-electron chi connectivity index (χ3n) is 9.24. The number of hydrogen-bond donors (Lipinski definition) is 3. The molecule has 0 aliphatic carbocycles. The summed E-state index contributed by atoms with van der Waals surface area (Å²) in [6.07, 6.45) is 0.594. The molecule has 3 unspecified atom stereocenters. The van der Waals surface area contributed by atoms with Gasteiger partial charge in [-0.3, -0.25) is 10.1 Å². The molecule has 0 radical (unpaired) electrons. The van der Waals surface area contributed by atoms with E-state index in [1.807, 2.05) is 36.4 Å². The van der Waals surface area contributed by atoms with Crippen molar-refractivity contribution in [3.8, 4) is 34.6 Å². The Morgan fingerprint density at radius 2 is 1.30 bits per heavy atom. The van der Waals surface area contributed by atoms with Gasteiger partial charge in [-0.25, -0.2) is 0 Å². The van der Waals surface area contributed by atoms with Crippen molar-refractivity contribution in [2.75, 3.05) is 27.4 Å². The van der Waals surface area contributed by atoms with Gasteiger partial charge in [0.2, 0.25) is 23.5 Å². The van der Waals surface area contributed by atoms with Crippen molar-refractivity contribution in [2.45, 2.75) is 71.4 Å². The summed E-state index contributed by atoms with van der Waals surface area (Å²) in [5, 5.41) is 16.4. The smallest absolute Gasteiger partial charge is 0.323 e. The third-order valence-corrected chi connectivity index (χ3v) is 9.24. The lowest BCUT2D eigenvalue weighted by atomic mass is 9.92. The first-order chi connectivity index (χ1) is 24.3. The molecule has 0 bridgehead atoms. The highest BCUT2D eigenvalue weighted by atomic mass is 16.6. The average Bonchev–Trinajstić information content (AvgIpc) is 3.75. The molecule has 4 heterocycles. The van der Waals surface area contributed by atoms with E-state index in [9.17, 15) is 9.90 Å². The molecule has 12 nitrogen and oxygen atoms in total. The summed E-state index contributed by atoms with van der Waals surface area (Å²) >= 11 is 0. The number of rotatable bonds is 15. The van der Waals surface area contributed by atoms with Crippen LogP contribution in [0, 0.1) is 13.8 Å². The van der Waals surface area contributed by atoms with Crippen molar-refractivity contribution in [1.82, 2.24) is 20.6 Å². The van der Waals surface area contributed by atoms with Crippen molar-refractivity contribution in [3.63, 3.8) is 0 Å². The van der Waals surface area contributed by atoms with E-state index in [1.54, 1.807) is 14.2 Å². The van der Waals surface area contributed by atoms with E-state index in [1.165, 1.54) is 0 Å². The first-order valence-corrected chi connectivity index (χ1v) is 16.8. The zero-order chi connectivity index (χ0) is 35.0. The van der Waals surface area contributed by atoms with Crippen LogP contribution >= 0.6 is 0 Å². The van der Waals surface area contributed by atoms with Gasteiger partial charge in [-0.15, -0.1) is 0 Å². The van der Waals surface area contributed by atoms with Gasteiger partial charge in [0.1, 0.15) is 19.3 Å². The fraction of sp³-hybridized carbons (Fsp3) is 0.395. The molecule has 3 atom stereocenters. The minimum Gasteiger partial charge on any atom is -0.481 e. The summed E-state index contributed by atoms with van der Waals surface area (Å²) in [6.45, 7) is 6.75. The van der Waals surface area contributed by atoms with Gasteiger partial charge >= 0.3 is 5.97 Å². The number of nitrogens with one attached hydrogen (secondary N) is 2. The van der Waals surface area contributed by atoms with E-state index in [0.717, 1.165) is 50.9 Å². The highest BCUT2D eigenvalue weighted by Crippen LogP contribution is 2.32. The number of hydrogen-bond acceptors (Lipinski definition) is 12. The number of nitrogens with zero attached hydrogens (tertiary/aromatic N) is 2. The summed E-state index contributed by atoms with van der Waals surface area (Å²) in [6, 6.07) is 19.4. The lowest BCUT2D eigenvalue weighted by molar-refractivity contribution is -0.139. The third kappa shape index (κ3) is 8.16.